The molecular weight excluding hydrogens is 375 g/mol. The molecule has 0 bridgehead atoms. The molecule has 1 heterocycles. The highest BCUT2D eigenvalue weighted by Gasteiger charge is 2.12. The number of hydrogen-bond acceptors (Lipinski definition) is 5. The molecule has 0 fully saturated rings. The predicted molar refractivity (Wildman–Crippen MR) is 96.3 cm³/mol. The molecular formula is C19H14ClFN2O4. The van der Waals surface area contributed by atoms with E-state index < -0.39 is 18.4 Å². The molecule has 0 unspecified atom stereocenters. The van der Waals surface area contributed by atoms with Gasteiger partial charge in [-0.1, -0.05) is 41.9 Å². The Morgan fingerprint density at radius 1 is 1.04 bits per heavy atom. The van der Waals surface area contributed by atoms with Crippen molar-refractivity contribution in [2.45, 2.75) is 6.61 Å². The van der Waals surface area contributed by atoms with E-state index in [0.717, 1.165) is 5.56 Å². The van der Waals surface area contributed by atoms with Crippen molar-refractivity contribution in [3.63, 3.8) is 0 Å². The van der Waals surface area contributed by atoms with Crippen molar-refractivity contribution in [2.75, 3.05) is 6.61 Å². The van der Waals surface area contributed by atoms with Crippen LogP contribution < -0.4 is 9.47 Å². The first-order valence-electron chi connectivity index (χ1n) is 7.87. The molecule has 2 aromatic carbocycles. The summed E-state index contributed by atoms with van der Waals surface area (Å²) in [4.78, 5) is 19.1. The maximum atomic E-state index is 13.8. The second-order valence-corrected chi connectivity index (χ2v) is 5.86. The van der Waals surface area contributed by atoms with E-state index in [1.807, 2.05) is 30.3 Å². The van der Waals surface area contributed by atoms with Crippen molar-refractivity contribution >= 4 is 17.6 Å². The Morgan fingerprint density at radius 2 is 1.74 bits per heavy atom. The van der Waals surface area contributed by atoms with Crippen LogP contribution in [-0.2, 0) is 11.4 Å². The summed E-state index contributed by atoms with van der Waals surface area (Å²) in [6, 6.07) is 14.9. The lowest BCUT2D eigenvalue weighted by Crippen LogP contribution is -2.11. The van der Waals surface area contributed by atoms with Gasteiger partial charge < -0.3 is 14.6 Å². The van der Waals surface area contributed by atoms with E-state index >= 15 is 0 Å². The zero-order chi connectivity index (χ0) is 19.2. The molecule has 6 nitrogen and oxygen atoms in total. The van der Waals surface area contributed by atoms with E-state index in [4.69, 9.17) is 26.2 Å². The molecule has 0 aliphatic carbocycles. The Bertz CT molecular complexity index is 954. The van der Waals surface area contributed by atoms with Crippen molar-refractivity contribution < 1.29 is 23.8 Å². The van der Waals surface area contributed by atoms with Gasteiger partial charge in [-0.15, -0.1) is 0 Å². The van der Waals surface area contributed by atoms with Gasteiger partial charge >= 0.3 is 5.97 Å². The van der Waals surface area contributed by atoms with Gasteiger partial charge in [0.1, 0.15) is 12.4 Å². The predicted octanol–water partition coefficient (Wildman–Crippen LogP) is 3.98. The Kier molecular flexibility index (Phi) is 5.83. The van der Waals surface area contributed by atoms with E-state index in [1.165, 1.54) is 18.2 Å². The van der Waals surface area contributed by atoms with Gasteiger partial charge in [0, 0.05) is 5.56 Å². The number of rotatable bonds is 7. The number of carbonyl (C=O) groups is 1. The molecule has 3 rings (SSSR count). The van der Waals surface area contributed by atoms with Crippen LogP contribution in [0.25, 0.3) is 11.4 Å². The summed E-state index contributed by atoms with van der Waals surface area (Å²) in [6.45, 7) is -0.339. The van der Waals surface area contributed by atoms with Gasteiger partial charge in [0.05, 0.1) is 11.1 Å². The van der Waals surface area contributed by atoms with Crippen molar-refractivity contribution in [1.82, 2.24) is 9.97 Å². The molecule has 0 saturated heterocycles. The zero-order valence-electron chi connectivity index (χ0n) is 13.9. The van der Waals surface area contributed by atoms with Crippen LogP contribution in [0, 0.1) is 5.82 Å². The molecule has 27 heavy (non-hydrogen) atoms. The zero-order valence-corrected chi connectivity index (χ0v) is 14.7. The summed E-state index contributed by atoms with van der Waals surface area (Å²) in [6.07, 6.45) is 0. The van der Waals surface area contributed by atoms with Crippen molar-refractivity contribution in [3.05, 3.63) is 71.0 Å². The number of halogens is 2. The van der Waals surface area contributed by atoms with Crippen LogP contribution >= 0.6 is 11.6 Å². The van der Waals surface area contributed by atoms with Crippen molar-refractivity contribution in [1.29, 1.82) is 0 Å². The molecule has 1 N–H and O–H groups in total. The van der Waals surface area contributed by atoms with Gasteiger partial charge in [-0.05, 0) is 23.8 Å². The fourth-order valence-electron chi connectivity index (χ4n) is 2.18. The first kappa shape index (κ1) is 18.6. The summed E-state index contributed by atoms with van der Waals surface area (Å²) in [5.74, 6) is -1.49. The highest BCUT2D eigenvalue weighted by atomic mass is 35.5. The third-order valence-corrected chi connectivity index (χ3v) is 3.74. The second kappa shape index (κ2) is 8.46. The lowest BCUT2D eigenvalue weighted by Gasteiger charge is -2.10. The van der Waals surface area contributed by atoms with Gasteiger partial charge in [0.25, 0.3) is 0 Å². The van der Waals surface area contributed by atoms with Crippen molar-refractivity contribution in [3.8, 4) is 23.1 Å². The van der Waals surface area contributed by atoms with Gasteiger partial charge in [-0.2, -0.15) is 9.97 Å². The normalized spacial score (nSPS) is 10.4. The van der Waals surface area contributed by atoms with Crippen LogP contribution in [0.15, 0.2) is 54.6 Å². The number of carboxylic acid groups (broad SMARTS) is 1. The van der Waals surface area contributed by atoms with E-state index in [-0.39, 0.29) is 29.2 Å². The Morgan fingerprint density at radius 3 is 2.41 bits per heavy atom. The summed E-state index contributed by atoms with van der Waals surface area (Å²) in [5, 5.41) is 8.76. The maximum Gasteiger partial charge on any atom is 0.341 e. The van der Waals surface area contributed by atoms with Gasteiger partial charge in [0.15, 0.2) is 12.4 Å². The van der Waals surface area contributed by atoms with Crippen LogP contribution in [0.2, 0.25) is 5.02 Å². The Balaban J connectivity index is 1.90. The molecule has 0 radical (unpaired) electrons. The van der Waals surface area contributed by atoms with Gasteiger partial charge in [-0.25, -0.2) is 9.18 Å². The molecule has 0 spiro atoms. The van der Waals surface area contributed by atoms with Crippen LogP contribution in [0.1, 0.15) is 5.56 Å². The number of ether oxygens (including phenoxy) is 2. The number of nitrogens with zero attached hydrogens (tertiary/aromatic N) is 2. The van der Waals surface area contributed by atoms with Crippen LogP contribution in [0.5, 0.6) is 11.8 Å². The third-order valence-electron chi connectivity index (χ3n) is 3.43. The van der Waals surface area contributed by atoms with Crippen molar-refractivity contribution in [2.24, 2.45) is 0 Å². The standard InChI is InChI=1S/C19H14ClFN2O4/c20-14-7-6-13(8-15(14)21)19-22-16(9-17(23-19)27-11-18(24)25)26-10-12-4-2-1-3-5-12/h1-9H,10-11H2,(H,24,25). The number of benzene rings is 2. The molecule has 0 aliphatic rings. The lowest BCUT2D eigenvalue weighted by atomic mass is 10.2. The lowest BCUT2D eigenvalue weighted by molar-refractivity contribution is -0.139. The monoisotopic (exact) mass is 388 g/mol. The molecule has 0 amide bonds. The maximum absolute atomic E-state index is 13.8. The number of aliphatic carboxylic acids is 1. The smallest absolute Gasteiger partial charge is 0.341 e. The Hall–Kier alpha value is -3.19. The third kappa shape index (κ3) is 5.15. The summed E-state index contributed by atoms with van der Waals surface area (Å²) >= 11 is 5.70. The number of aromatic nitrogens is 2. The molecule has 0 aliphatic heterocycles. The number of carboxylic acids is 1. The first-order chi connectivity index (χ1) is 13.0. The highest BCUT2D eigenvalue weighted by Crippen LogP contribution is 2.26. The van der Waals surface area contributed by atoms with Crippen LogP contribution in [0.4, 0.5) is 4.39 Å². The van der Waals surface area contributed by atoms with Gasteiger partial charge in [-0.3, -0.25) is 0 Å². The molecule has 3 aromatic rings. The topological polar surface area (TPSA) is 81.5 Å². The van der Waals surface area contributed by atoms with Gasteiger partial charge in [0.2, 0.25) is 11.8 Å². The minimum atomic E-state index is -1.15. The van der Waals surface area contributed by atoms with Crippen LogP contribution in [-0.4, -0.2) is 27.7 Å². The van der Waals surface area contributed by atoms with Crippen LogP contribution in [0.3, 0.4) is 0 Å². The number of hydrogen-bond donors (Lipinski definition) is 1. The second-order valence-electron chi connectivity index (χ2n) is 5.45. The first-order valence-corrected chi connectivity index (χ1v) is 8.25. The average Bonchev–Trinajstić information content (AvgIpc) is 2.67. The molecule has 138 valence electrons. The summed E-state index contributed by atoms with van der Waals surface area (Å²) < 4.78 is 24.5. The fraction of sp³-hybridized carbons (Fsp3) is 0.105. The molecule has 1 aromatic heterocycles. The van der Waals surface area contributed by atoms with E-state index in [2.05, 4.69) is 9.97 Å². The quantitative estimate of drug-likeness (QED) is 0.659. The largest absolute Gasteiger partial charge is 0.479 e. The SMILES string of the molecule is O=C(O)COc1cc(OCc2ccccc2)nc(-c2ccc(Cl)c(F)c2)n1. The van der Waals surface area contributed by atoms with E-state index in [9.17, 15) is 9.18 Å². The Labute approximate surface area is 159 Å². The minimum absolute atomic E-state index is 0.000759. The summed E-state index contributed by atoms with van der Waals surface area (Å²) in [7, 11) is 0. The fourth-order valence-corrected chi connectivity index (χ4v) is 2.30. The average molecular weight is 389 g/mol. The van der Waals surface area contributed by atoms with E-state index in [0.29, 0.717) is 5.56 Å². The highest BCUT2D eigenvalue weighted by molar-refractivity contribution is 6.30. The molecule has 0 atom stereocenters. The minimum Gasteiger partial charge on any atom is -0.479 e. The molecule has 0 saturated carbocycles. The summed E-state index contributed by atoms with van der Waals surface area (Å²) in [5.41, 5.74) is 1.27. The molecule has 8 heteroatoms. The van der Waals surface area contributed by atoms with E-state index in [1.54, 1.807) is 6.07 Å².